The van der Waals surface area contributed by atoms with Crippen LogP contribution in [0.25, 0.3) is 0 Å². The second-order valence-corrected chi connectivity index (χ2v) is 3.65. The number of carbonyl (C=O) groups is 1. The van der Waals surface area contributed by atoms with E-state index >= 15 is 0 Å². The van der Waals surface area contributed by atoms with Gasteiger partial charge in [-0.1, -0.05) is 34.6 Å². The van der Waals surface area contributed by atoms with Gasteiger partial charge in [0.25, 0.3) is 0 Å². The fourth-order valence-electron chi connectivity index (χ4n) is 0.778. The maximum absolute atomic E-state index is 11.3. The molecule has 0 heterocycles. The molecule has 0 aliphatic rings. The minimum atomic E-state index is -0.130. The molecular formula is C9H18O. The van der Waals surface area contributed by atoms with E-state index < -0.39 is 0 Å². The molecular weight excluding hydrogens is 124 g/mol. The van der Waals surface area contributed by atoms with Crippen molar-refractivity contribution in [1.29, 1.82) is 0 Å². The summed E-state index contributed by atoms with van der Waals surface area (Å²) in [6.07, 6.45) is 0.658. The topological polar surface area (TPSA) is 17.1 Å². The molecule has 0 N–H and O–H groups in total. The van der Waals surface area contributed by atoms with Gasteiger partial charge in [0.1, 0.15) is 5.78 Å². The van der Waals surface area contributed by atoms with Gasteiger partial charge >= 0.3 is 0 Å². The molecule has 0 amide bonds. The highest BCUT2D eigenvalue weighted by Gasteiger charge is 2.28. The molecule has 0 spiro atoms. The van der Waals surface area contributed by atoms with Crippen LogP contribution in [-0.2, 0) is 4.79 Å². The fraction of sp³-hybridized carbons (Fsp3) is 0.889. The molecule has 60 valence electrons. The summed E-state index contributed by atoms with van der Waals surface area (Å²) >= 11 is 0. The monoisotopic (exact) mass is 142 g/mol. The Morgan fingerprint density at radius 2 is 1.80 bits per heavy atom. The van der Waals surface area contributed by atoms with Crippen LogP contribution in [0, 0.1) is 11.3 Å². The SMILES string of the molecule is CCC(=O)C(C)(C)C(C)C. The van der Waals surface area contributed by atoms with Gasteiger partial charge in [-0.05, 0) is 5.92 Å². The van der Waals surface area contributed by atoms with Gasteiger partial charge in [-0.3, -0.25) is 4.79 Å². The van der Waals surface area contributed by atoms with Crippen molar-refractivity contribution < 1.29 is 4.79 Å². The van der Waals surface area contributed by atoms with E-state index in [1.54, 1.807) is 0 Å². The van der Waals surface area contributed by atoms with E-state index in [4.69, 9.17) is 0 Å². The van der Waals surface area contributed by atoms with Gasteiger partial charge in [-0.25, -0.2) is 0 Å². The molecule has 0 rings (SSSR count). The summed E-state index contributed by atoms with van der Waals surface area (Å²) in [6.45, 7) is 10.1. The van der Waals surface area contributed by atoms with Crippen molar-refractivity contribution in [2.75, 3.05) is 0 Å². The van der Waals surface area contributed by atoms with E-state index in [1.165, 1.54) is 0 Å². The summed E-state index contributed by atoms with van der Waals surface area (Å²) in [5.41, 5.74) is -0.130. The number of Topliss-reactive ketones (excluding diaryl/α,β-unsaturated/α-hetero) is 1. The summed E-state index contributed by atoms with van der Waals surface area (Å²) < 4.78 is 0. The first-order valence-electron chi connectivity index (χ1n) is 3.96. The number of hydrogen-bond acceptors (Lipinski definition) is 1. The number of ketones is 1. The molecule has 0 saturated carbocycles. The van der Waals surface area contributed by atoms with Crippen molar-refractivity contribution in [3.8, 4) is 0 Å². The van der Waals surface area contributed by atoms with Gasteiger partial charge < -0.3 is 0 Å². The fourth-order valence-corrected chi connectivity index (χ4v) is 0.778. The zero-order valence-electron chi connectivity index (χ0n) is 7.69. The van der Waals surface area contributed by atoms with Gasteiger partial charge in [0.05, 0.1) is 0 Å². The quantitative estimate of drug-likeness (QED) is 0.592. The lowest BCUT2D eigenvalue weighted by atomic mass is 9.77. The van der Waals surface area contributed by atoms with Crippen LogP contribution < -0.4 is 0 Å². The van der Waals surface area contributed by atoms with E-state index in [0.29, 0.717) is 18.1 Å². The second-order valence-electron chi connectivity index (χ2n) is 3.65. The summed E-state index contributed by atoms with van der Waals surface area (Å²) in [7, 11) is 0. The van der Waals surface area contributed by atoms with Gasteiger partial charge in [0.2, 0.25) is 0 Å². The van der Waals surface area contributed by atoms with Gasteiger partial charge in [0, 0.05) is 11.8 Å². The number of rotatable bonds is 3. The average molecular weight is 142 g/mol. The normalized spacial score (nSPS) is 12.2. The Morgan fingerprint density at radius 3 is 1.90 bits per heavy atom. The molecule has 0 saturated heterocycles. The molecule has 0 fully saturated rings. The molecule has 10 heavy (non-hydrogen) atoms. The first-order valence-corrected chi connectivity index (χ1v) is 3.96. The molecule has 0 aromatic rings. The molecule has 0 radical (unpaired) electrons. The van der Waals surface area contributed by atoms with Crippen LogP contribution in [0.3, 0.4) is 0 Å². The summed E-state index contributed by atoms with van der Waals surface area (Å²) in [5.74, 6) is 0.808. The number of carbonyl (C=O) groups excluding carboxylic acids is 1. The largest absolute Gasteiger partial charge is 0.299 e. The van der Waals surface area contributed by atoms with Crippen LogP contribution in [-0.4, -0.2) is 5.78 Å². The minimum Gasteiger partial charge on any atom is -0.299 e. The third kappa shape index (κ3) is 1.83. The predicted octanol–water partition coefficient (Wildman–Crippen LogP) is 2.65. The van der Waals surface area contributed by atoms with Gasteiger partial charge in [-0.2, -0.15) is 0 Å². The maximum atomic E-state index is 11.3. The van der Waals surface area contributed by atoms with Gasteiger partial charge in [0.15, 0.2) is 0 Å². The van der Waals surface area contributed by atoms with Crippen molar-refractivity contribution in [3.05, 3.63) is 0 Å². The first kappa shape index (κ1) is 9.67. The summed E-state index contributed by atoms with van der Waals surface area (Å²) in [4.78, 5) is 11.3. The molecule has 0 bridgehead atoms. The van der Waals surface area contributed by atoms with Crippen LogP contribution in [0.5, 0.6) is 0 Å². The summed E-state index contributed by atoms with van der Waals surface area (Å²) in [5, 5.41) is 0. The lowest BCUT2D eigenvalue weighted by Crippen LogP contribution is -2.29. The lowest BCUT2D eigenvalue weighted by molar-refractivity contribution is -0.128. The van der Waals surface area contributed by atoms with Crippen LogP contribution in [0.2, 0.25) is 0 Å². The predicted molar refractivity (Wildman–Crippen MR) is 43.9 cm³/mol. The molecule has 1 heteroatoms. The first-order chi connectivity index (χ1) is 4.42. The Balaban J connectivity index is 4.24. The molecule has 0 aromatic carbocycles. The van der Waals surface area contributed by atoms with Crippen molar-refractivity contribution >= 4 is 5.78 Å². The molecule has 1 nitrogen and oxygen atoms in total. The van der Waals surface area contributed by atoms with Gasteiger partial charge in [-0.15, -0.1) is 0 Å². The standard InChI is InChI=1S/C9H18O/c1-6-8(10)9(4,5)7(2)3/h7H,6H2,1-5H3. The highest BCUT2D eigenvalue weighted by molar-refractivity contribution is 5.83. The number of hydrogen-bond donors (Lipinski definition) is 0. The average Bonchev–Trinajstić information content (AvgIpc) is 1.86. The Hall–Kier alpha value is -0.330. The lowest BCUT2D eigenvalue weighted by Gasteiger charge is -2.26. The second kappa shape index (κ2) is 3.18. The Morgan fingerprint density at radius 1 is 1.40 bits per heavy atom. The molecule has 0 aromatic heterocycles. The zero-order valence-corrected chi connectivity index (χ0v) is 7.69. The van der Waals surface area contributed by atoms with Crippen molar-refractivity contribution in [2.45, 2.75) is 41.0 Å². The smallest absolute Gasteiger partial charge is 0.138 e. The van der Waals surface area contributed by atoms with Crippen LogP contribution in [0.1, 0.15) is 41.0 Å². The highest BCUT2D eigenvalue weighted by Crippen LogP contribution is 2.27. The third-order valence-electron chi connectivity index (χ3n) is 2.48. The molecule has 0 aliphatic heterocycles. The van der Waals surface area contributed by atoms with E-state index in [0.717, 1.165) is 0 Å². The Labute approximate surface area is 63.8 Å². The minimum absolute atomic E-state index is 0.130. The van der Waals surface area contributed by atoms with E-state index in [1.807, 2.05) is 20.8 Å². The maximum Gasteiger partial charge on any atom is 0.138 e. The van der Waals surface area contributed by atoms with Crippen LogP contribution in [0.15, 0.2) is 0 Å². The molecule has 0 unspecified atom stereocenters. The molecule has 0 atom stereocenters. The zero-order chi connectivity index (χ0) is 8.36. The Kier molecular flexibility index (Phi) is 3.07. The van der Waals surface area contributed by atoms with E-state index in [-0.39, 0.29) is 5.41 Å². The van der Waals surface area contributed by atoms with Crippen molar-refractivity contribution in [1.82, 2.24) is 0 Å². The third-order valence-corrected chi connectivity index (χ3v) is 2.48. The van der Waals surface area contributed by atoms with Crippen molar-refractivity contribution in [2.24, 2.45) is 11.3 Å². The summed E-state index contributed by atoms with van der Waals surface area (Å²) in [6, 6.07) is 0. The highest BCUT2D eigenvalue weighted by atomic mass is 16.1. The molecule has 0 aliphatic carbocycles. The van der Waals surface area contributed by atoms with Crippen LogP contribution in [0.4, 0.5) is 0 Å². The van der Waals surface area contributed by atoms with E-state index in [2.05, 4.69) is 13.8 Å². The van der Waals surface area contributed by atoms with Crippen molar-refractivity contribution in [3.63, 3.8) is 0 Å². The Bertz CT molecular complexity index is 123. The van der Waals surface area contributed by atoms with Crippen LogP contribution >= 0.6 is 0 Å². The van der Waals surface area contributed by atoms with E-state index in [9.17, 15) is 4.79 Å².